The lowest BCUT2D eigenvalue weighted by Gasteiger charge is -2.01. The molecule has 0 unspecified atom stereocenters. The maximum absolute atomic E-state index is 13.1. The molecule has 0 aliphatic rings. The standard InChI is InChI=1S/C19H12ClFN4O/c20-15-3-1-2-14(10-15)18(26)23-19-22-17-11-13(8-9-25(17)24-19)12-4-6-16(21)7-5-12/h1-11H,(H,23,24,26). The van der Waals surface area contributed by atoms with E-state index in [9.17, 15) is 9.18 Å². The van der Waals surface area contributed by atoms with Crippen LogP contribution in [0.2, 0.25) is 5.02 Å². The van der Waals surface area contributed by atoms with E-state index >= 15 is 0 Å². The minimum Gasteiger partial charge on any atom is -0.289 e. The average molecular weight is 367 g/mol. The van der Waals surface area contributed by atoms with Crippen LogP contribution in [0.1, 0.15) is 10.4 Å². The number of rotatable bonds is 3. The Kier molecular flexibility index (Phi) is 4.10. The summed E-state index contributed by atoms with van der Waals surface area (Å²) in [5.41, 5.74) is 2.72. The van der Waals surface area contributed by atoms with E-state index in [4.69, 9.17) is 11.6 Å². The molecule has 0 radical (unpaired) electrons. The number of hydrogen-bond donors (Lipinski definition) is 1. The summed E-state index contributed by atoms with van der Waals surface area (Å²) in [6.07, 6.45) is 1.73. The molecule has 5 nitrogen and oxygen atoms in total. The van der Waals surface area contributed by atoms with Crippen molar-refractivity contribution in [1.82, 2.24) is 14.6 Å². The van der Waals surface area contributed by atoms with Gasteiger partial charge in [-0.2, -0.15) is 4.98 Å². The first kappa shape index (κ1) is 16.2. The first-order valence-electron chi connectivity index (χ1n) is 7.78. The second kappa shape index (κ2) is 6.57. The molecule has 128 valence electrons. The van der Waals surface area contributed by atoms with Crippen molar-refractivity contribution in [3.63, 3.8) is 0 Å². The van der Waals surface area contributed by atoms with Crippen LogP contribution in [0.4, 0.5) is 10.3 Å². The predicted molar refractivity (Wildman–Crippen MR) is 97.8 cm³/mol. The molecule has 0 fully saturated rings. The molecule has 0 bridgehead atoms. The maximum atomic E-state index is 13.1. The van der Waals surface area contributed by atoms with E-state index in [1.165, 1.54) is 12.1 Å². The van der Waals surface area contributed by atoms with Crippen molar-refractivity contribution < 1.29 is 9.18 Å². The summed E-state index contributed by atoms with van der Waals surface area (Å²) in [4.78, 5) is 16.6. The van der Waals surface area contributed by atoms with Gasteiger partial charge in [0.15, 0.2) is 5.65 Å². The summed E-state index contributed by atoms with van der Waals surface area (Å²) in [6.45, 7) is 0. The Hall–Kier alpha value is -3.25. The summed E-state index contributed by atoms with van der Waals surface area (Å²) in [7, 11) is 0. The highest BCUT2D eigenvalue weighted by Crippen LogP contribution is 2.21. The third-order valence-electron chi connectivity index (χ3n) is 3.83. The van der Waals surface area contributed by atoms with Crippen molar-refractivity contribution in [2.45, 2.75) is 0 Å². The minimum absolute atomic E-state index is 0.186. The van der Waals surface area contributed by atoms with Crippen molar-refractivity contribution >= 4 is 29.1 Å². The zero-order valence-corrected chi connectivity index (χ0v) is 14.1. The van der Waals surface area contributed by atoms with Gasteiger partial charge >= 0.3 is 0 Å². The Bertz CT molecular complexity index is 1110. The lowest BCUT2D eigenvalue weighted by molar-refractivity contribution is 0.102. The molecule has 7 heteroatoms. The summed E-state index contributed by atoms with van der Waals surface area (Å²) >= 11 is 5.90. The van der Waals surface area contributed by atoms with Gasteiger partial charge in [0.2, 0.25) is 5.95 Å². The number of aromatic nitrogens is 3. The van der Waals surface area contributed by atoms with Crippen LogP contribution < -0.4 is 5.32 Å². The van der Waals surface area contributed by atoms with Crippen LogP contribution in [0.15, 0.2) is 66.9 Å². The number of hydrogen-bond acceptors (Lipinski definition) is 3. The quantitative estimate of drug-likeness (QED) is 0.583. The molecule has 0 saturated heterocycles. The van der Waals surface area contributed by atoms with Crippen LogP contribution in [-0.4, -0.2) is 20.5 Å². The Morgan fingerprint density at radius 1 is 1.04 bits per heavy atom. The number of benzene rings is 2. The number of nitrogens with one attached hydrogen (secondary N) is 1. The molecular weight excluding hydrogens is 355 g/mol. The minimum atomic E-state index is -0.345. The number of halogens is 2. The number of anilines is 1. The smallest absolute Gasteiger partial charge is 0.258 e. The van der Waals surface area contributed by atoms with Gasteiger partial charge in [-0.1, -0.05) is 29.8 Å². The van der Waals surface area contributed by atoms with Crippen molar-refractivity contribution in [3.05, 3.63) is 83.3 Å². The predicted octanol–water partition coefficient (Wildman–Crippen LogP) is 4.44. The van der Waals surface area contributed by atoms with Gasteiger partial charge in [0.1, 0.15) is 5.82 Å². The summed E-state index contributed by atoms with van der Waals surface area (Å²) in [5, 5.41) is 7.36. The third-order valence-corrected chi connectivity index (χ3v) is 4.06. The SMILES string of the molecule is O=C(Nc1nc2cc(-c3ccc(F)cc3)ccn2n1)c1cccc(Cl)c1. The number of amides is 1. The van der Waals surface area contributed by atoms with Gasteiger partial charge in [-0.25, -0.2) is 8.91 Å². The van der Waals surface area contributed by atoms with E-state index in [0.29, 0.717) is 16.2 Å². The van der Waals surface area contributed by atoms with Crippen LogP contribution in [0.25, 0.3) is 16.8 Å². The van der Waals surface area contributed by atoms with E-state index < -0.39 is 0 Å². The summed E-state index contributed by atoms with van der Waals surface area (Å²) < 4.78 is 14.6. The molecule has 2 heterocycles. The largest absolute Gasteiger partial charge is 0.289 e. The van der Waals surface area contributed by atoms with Gasteiger partial charge in [0.25, 0.3) is 5.91 Å². The highest BCUT2D eigenvalue weighted by molar-refractivity contribution is 6.31. The van der Waals surface area contributed by atoms with Crippen molar-refractivity contribution in [2.75, 3.05) is 5.32 Å². The Morgan fingerprint density at radius 2 is 1.85 bits per heavy atom. The molecule has 26 heavy (non-hydrogen) atoms. The molecule has 0 spiro atoms. The summed E-state index contributed by atoms with van der Waals surface area (Å²) in [5.74, 6) is -0.447. The number of carbonyl (C=O) groups is 1. The van der Waals surface area contributed by atoms with Gasteiger partial charge in [-0.3, -0.25) is 10.1 Å². The number of pyridine rings is 1. The van der Waals surface area contributed by atoms with Crippen LogP contribution >= 0.6 is 11.6 Å². The van der Waals surface area contributed by atoms with Crippen molar-refractivity contribution in [3.8, 4) is 11.1 Å². The van der Waals surface area contributed by atoms with E-state index in [1.54, 1.807) is 47.1 Å². The van der Waals surface area contributed by atoms with Gasteiger partial charge in [0.05, 0.1) is 0 Å². The number of fused-ring (bicyclic) bond motifs is 1. The molecule has 0 aliphatic carbocycles. The van der Waals surface area contributed by atoms with Gasteiger partial charge in [-0.05, 0) is 53.6 Å². The molecule has 2 aromatic carbocycles. The lowest BCUT2D eigenvalue weighted by atomic mass is 10.1. The zero-order chi connectivity index (χ0) is 18.1. The molecular formula is C19H12ClFN4O. The molecule has 4 aromatic rings. The molecule has 1 N–H and O–H groups in total. The van der Waals surface area contributed by atoms with Gasteiger partial charge in [0, 0.05) is 16.8 Å². The number of nitrogens with zero attached hydrogens (tertiary/aromatic N) is 3. The Labute approximate surface area is 153 Å². The van der Waals surface area contributed by atoms with E-state index in [2.05, 4.69) is 15.4 Å². The highest BCUT2D eigenvalue weighted by atomic mass is 35.5. The topological polar surface area (TPSA) is 59.3 Å². The fraction of sp³-hybridized carbons (Fsp3) is 0. The van der Waals surface area contributed by atoms with Crippen molar-refractivity contribution in [1.29, 1.82) is 0 Å². The van der Waals surface area contributed by atoms with Crippen LogP contribution in [0, 0.1) is 5.82 Å². The molecule has 1 amide bonds. The monoisotopic (exact) mass is 366 g/mol. The second-order valence-corrected chi connectivity index (χ2v) is 6.06. The molecule has 2 aromatic heterocycles. The van der Waals surface area contributed by atoms with E-state index in [0.717, 1.165) is 11.1 Å². The molecule has 0 atom stereocenters. The fourth-order valence-electron chi connectivity index (χ4n) is 2.56. The van der Waals surface area contributed by atoms with Crippen LogP contribution in [-0.2, 0) is 0 Å². The highest BCUT2D eigenvalue weighted by Gasteiger charge is 2.11. The number of carbonyl (C=O) groups excluding carboxylic acids is 1. The summed E-state index contributed by atoms with van der Waals surface area (Å²) in [6, 6.07) is 16.5. The lowest BCUT2D eigenvalue weighted by Crippen LogP contribution is -2.12. The first-order chi connectivity index (χ1) is 12.6. The average Bonchev–Trinajstić information content (AvgIpc) is 3.03. The van der Waals surface area contributed by atoms with Gasteiger partial charge in [-0.15, -0.1) is 5.10 Å². The zero-order valence-electron chi connectivity index (χ0n) is 13.4. The van der Waals surface area contributed by atoms with Gasteiger partial charge < -0.3 is 0 Å². The molecule has 0 aliphatic heterocycles. The van der Waals surface area contributed by atoms with E-state index in [1.807, 2.05) is 12.1 Å². The van der Waals surface area contributed by atoms with Crippen LogP contribution in [0.5, 0.6) is 0 Å². The fourth-order valence-corrected chi connectivity index (χ4v) is 2.75. The maximum Gasteiger partial charge on any atom is 0.258 e. The van der Waals surface area contributed by atoms with E-state index in [-0.39, 0.29) is 17.7 Å². The molecule has 0 saturated carbocycles. The molecule has 4 rings (SSSR count). The second-order valence-electron chi connectivity index (χ2n) is 5.62. The third kappa shape index (κ3) is 3.27. The Balaban J connectivity index is 1.61. The van der Waals surface area contributed by atoms with Crippen molar-refractivity contribution in [2.24, 2.45) is 0 Å². The first-order valence-corrected chi connectivity index (χ1v) is 8.15. The normalized spacial score (nSPS) is 10.8. The van der Waals surface area contributed by atoms with Crippen LogP contribution in [0.3, 0.4) is 0 Å². The Morgan fingerprint density at radius 3 is 2.62 bits per heavy atom.